The van der Waals surface area contributed by atoms with Crippen molar-refractivity contribution in [3.8, 4) is 5.88 Å². The summed E-state index contributed by atoms with van der Waals surface area (Å²) >= 11 is 8.20. The lowest BCUT2D eigenvalue weighted by Gasteiger charge is -2.32. The highest BCUT2D eigenvalue weighted by atomic mass is 79.9. The minimum Gasteiger partial charge on any atom is -0.493 e. The quantitative estimate of drug-likeness (QED) is 0.600. The molecule has 1 fully saturated rings. The molecule has 0 unspecified atom stereocenters. The molecule has 24 heavy (non-hydrogen) atoms. The molecule has 3 N–H and O–H groups in total. The van der Waals surface area contributed by atoms with Crippen LogP contribution < -0.4 is 5.73 Å². The number of nitrogens with zero attached hydrogens (tertiary/aromatic N) is 5. The molecule has 1 aliphatic rings. The second kappa shape index (κ2) is 7.14. The molecule has 0 bridgehead atoms. The van der Waals surface area contributed by atoms with Crippen LogP contribution in [0.2, 0.25) is 0 Å². The van der Waals surface area contributed by atoms with Crippen LogP contribution in [0.15, 0.2) is 32.9 Å². The highest BCUT2D eigenvalue weighted by Gasteiger charge is 2.21. The van der Waals surface area contributed by atoms with Crippen molar-refractivity contribution in [1.29, 1.82) is 0 Å². The molecule has 1 saturated heterocycles. The van der Waals surface area contributed by atoms with E-state index in [1.54, 1.807) is 0 Å². The van der Waals surface area contributed by atoms with Crippen LogP contribution in [-0.2, 0) is 6.67 Å². The van der Waals surface area contributed by atoms with Gasteiger partial charge >= 0.3 is 0 Å². The van der Waals surface area contributed by atoms with Crippen molar-refractivity contribution in [2.75, 3.05) is 33.2 Å². The zero-order valence-corrected chi connectivity index (χ0v) is 15.7. The Morgan fingerprint density at radius 1 is 1.33 bits per heavy atom. The van der Waals surface area contributed by atoms with Gasteiger partial charge in [-0.3, -0.25) is 9.47 Å². The molecule has 128 valence electrons. The maximum atomic E-state index is 10.7. The van der Waals surface area contributed by atoms with Crippen LogP contribution in [0.1, 0.15) is 0 Å². The standard InChI is InChI=1S/C15H19BrN6OS/c1-20-4-6-21(7-5-20)9-22-12-3-2-10(16)8-11(12)13(14(22)23)18-19-15(17)24/h2-3,8,23H,4-7,9H2,1H3,(H2,17,24). The molecular weight excluding hydrogens is 392 g/mol. The smallest absolute Gasteiger partial charge is 0.221 e. The van der Waals surface area contributed by atoms with E-state index in [1.807, 2.05) is 22.8 Å². The van der Waals surface area contributed by atoms with Crippen LogP contribution in [0.25, 0.3) is 10.9 Å². The highest BCUT2D eigenvalue weighted by Crippen LogP contribution is 2.40. The number of halogens is 1. The third-order valence-corrected chi connectivity index (χ3v) is 4.73. The average molecular weight is 411 g/mol. The molecule has 0 aliphatic carbocycles. The molecule has 0 radical (unpaired) electrons. The lowest BCUT2D eigenvalue weighted by Crippen LogP contribution is -2.44. The lowest BCUT2D eigenvalue weighted by molar-refractivity contribution is 0.123. The van der Waals surface area contributed by atoms with Gasteiger partial charge < -0.3 is 15.7 Å². The third kappa shape index (κ3) is 3.59. The van der Waals surface area contributed by atoms with Gasteiger partial charge in [-0.25, -0.2) is 0 Å². The monoisotopic (exact) mass is 410 g/mol. The number of piperazine rings is 1. The minimum atomic E-state index is -0.0654. The van der Waals surface area contributed by atoms with E-state index in [-0.39, 0.29) is 11.0 Å². The molecule has 1 aliphatic heterocycles. The number of aromatic nitrogens is 1. The summed E-state index contributed by atoms with van der Waals surface area (Å²) in [6.07, 6.45) is 0. The molecule has 0 spiro atoms. The summed E-state index contributed by atoms with van der Waals surface area (Å²) < 4.78 is 2.75. The molecule has 0 amide bonds. The molecule has 9 heteroatoms. The highest BCUT2D eigenvalue weighted by molar-refractivity contribution is 9.10. The summed E-state index contributed by atoms with van der Waals surface area (Å²) in [5, 5.41) is 19.2. The molecule has 2 aromatic rings. The van der Waals surface area contributed by atoms with Crippen molar-refractivity contribution in [3.63, 3.8) is 0 Å². The Balaban J connectivity index is 2.00. The first-order valence-corrected chi connectivity index (χ1v) is 8.78. The number of benzene rings is 1. The van der Waals surface area contributed by atoms with E-state index in [0.717, 1.165) is 41.6 Å². The number of thiocarbonyl (C=S) groups is 1. The molecule has 0 atom stereocenters. The topological polar surface area (TPSA) is 82.4 Å². The van der Waals surface area contributed by atoms with Crippen molar-refractivity contribution < 1.29 is 5.11 Å². The number of aromatic hydroxyl groups is 1. The Kier molecular flexibility index (Phi) is 5.14. The maximum Gasteiger partial charge on any atom is 0.221 e. The predicted octanol–water partition coefficient (Wildman–Crippen LogP) is 2.64. The Morgan fingerprint density at radius 3 is 2.71 bits per heavy atom. The second-order valence-electron chi connectivity index (χ2n) is 5.86. The first kappa shape index (κ1) is 17.3. The fourth-order valence-corrected chi connectivity index (χ4v) is 3.23. The van der Waals surface area contributed by atoms with Crippen LogP contribution in [0.3, 0.4) is 0 Å². The molecule has 2 heterocycles. The molecule has 7 nitrogen and oxygen atoms in total. The largest absolute Gasteiger partial charge is 0.493 e. The second-order valence-corrected chi connectivity index (χ2v) is 7.20. The van der Waals surface area contributed by atoms with E-state index in [2.05, 4.69) is 43.0 Å². The number of nitrogens with two attached hydrogens (primary N) is 1. The van der Waals surface area contributed by atoms with E-state index in [4.69, 9.17) is 18.0 Å². The number of rotatable bonds is 3. The van der Waals surface area contributed by atoms with Gasteiger partial charge in [0.2, 0.25) is 11.0 Å². The predicted molar refractivity (Wildman–Crippen MR) is 102 cm³/mol. The van der Waals surface area contributed by atoms with Crippen LogP contribution >= 0.6 is 28.1 Å². The lowest BCUT2D eigenvalue weighted by atomic mass is 10.2. The van der Waals surface area contributed by atoms with Gasteiger partial charge in [0.25, 0.3) is 0 Å². The Labute approximate surface area is 153 Å². The minimum absolute atomic E-state index is 0.0654. The zero-order chi connectivity index (χ0) is 17.3. The summed E-state index contributed by atoms with van der Waals surface area (Å²) in [4.78, 5) is 4.60. The van der Waals surface area contributed by atoms with Gasteiger partial charge in [-0.05, 0) is 37.5 Å². The van der Waals surface area contributed by atoms with E-state index >= 15 is 0 Å². The van der Waals surface area contributed by atoms with Gasteiger partial charge in [-0.15, -0.1) is 10.2 Å². The third-order valence-electron chi connectivity index (χ3n) is 4.16. The van der Waals surface area contributed by atoms with Crippen LogP contribution in [0.5, 0.6) is 5.88 Å². The normalized spacial score (nSPS) is 17.1. The number of likely N-dealkylation sites (N-methyl/N-ethyl adjacent to an activating group) is 1. The van der Waals surface area contributed by atoms with E-state index < -0.39 is 0 Å². The van der Waals surface area contributed by atoms with Gasteiger partial charge in [0.05, 0.1) is 12.2 Å². The fraction of sp³-hybridized carbons (Fsp3) is 0.400. The van der Waals surface area contributed by atoms with Crippen molar-refractivity contribution in [2.45, 2.75) is 6.67 Å². The van der Waals surface area contributed by atoms with Crippen molar-refractivity contribution >= 4 is 49.9 Å². The van der Waals surface area contributed by atoms with Gasteiger partial charge in [0.1, 0.15) is 0 Å². The van der Waals surface area contributed by atoms with E-state index in [1.165, 1.54) is 0 Å². The summed E-state index contributed by atoms with van der Waals surface area (Å²) in [5.74, 6) is 0.0713. The molecule has 0 saturated carbocycles. The summed E-state index contributed by atoms with van der Waals surface area (Å²) in [6, 6.07) is 5.80. The van der Waals surface area contributed by atoms with E-state index in [9.17, 15) is 5.11 Å². The van der Waals surface area contributed by atoms with Gasteiger partial charge in [0.15, 0.2) is 5.69 Å². The maximum absolute atomic E-state index is 10.7. The zero-order valence-electron chi connectivity index (χ0n) is 13.3. The number of azo groups is 1. The summed E-state index contributed by atoms with van der Waals surface area (Å²) in [6.45, 7) is 4.53. The average Bonchev–Trinajstić information content (AvgIpc) is 2.79. The molecule has 3 rings (SSSR count). The van der Waals surface area contributed by atoms with Crippen LogP contribution in [0.4, 0.5) is 5.69 Å². The molecular formula is C15H19BrN6OS. The van der Waals surface area contributed by atoms with Gasteiger partial charge in [-0.2, -0.15) is 0 Å². The van der Waals surface area contributed by atoms with Gasteiger partial charge in [0, 0.05) is 36.0 Å². The summed E-state index contributed by atoms with van der Waals surface area (Å²) in [5.41, 5.74) is 6.67. The SMILES string of the molecule is CN1CCN(Cn2c(O)c(N=NC(N)=S)c3cc(Br)ccc32)CC1. The van der Waals surface area contributed by atoms with Crippen molar-refractivity contribution in [3.05, 3.63) is 22.7 Å². The van der Waals surface area contributed by atoms with Crippen molar-refractivity contribution in [2.24, 2.45) is 16.0 Å². The number of hydrogen-bond donors (Lipinski definition) is 2. The Bertz CT molecular complexity index is 797. The first-order valence-electron chi connectivity index (χ1n) is 7.58. The number of fused-ring (bicyclic) bond motifs is 1. The van der Waals surface area contributed by atoms with Gasteiger partial charge in [-0.1, -0.05) is 15.9 Å². The first-order chi connectivity index (χ1) is 11.5. The summed E-state index contributed by atoms with van der Waals surface area (Å²) in [7, 11) is 2.12. The van der Waals surface area contributed by atoms with Crippen LogP contribution in [-0.4, -0.2) is 57.8 Å². The molecule has 1 aromatic carbocycles. The molecule has 1 aromatic heterocycles. The van der Waals surface area contributed by atoms with E-state index in [0.29, 0.717) is 12.4 Å². The Morgan fingerprint density at radius 2 is 2.04 bits per heavy atom. The fourth-order valence-electron chi connectivity index (χ4n) is 2.83. The Hall–Kier alpha value is -1.55. The van der Waals surface area contributed by atoms with Crippen LogP contribution in [0, 0.1) is 0 Å². The van der Waals surface area contributed by atoms with Crippen molar-refractivity contribution in [1.82, 2.24) is 14.4 Å². The number of hydrogen-bond acceptors (Lipinski definition) is 5.